The molecular weight excluding hydrogens is 302 g/mol. The number of ether oxygens (including phenoxy) is 3. The Bertz CT molecular complexity index is 519. The lowest BCUT2D eigenvalue weighted by atomic mass is 9.92. The number of tetrazole rings is 1. The van der Waals surface area contributed by atoms with Crippen LogP contribution in [-0.4, -0.2) is 78.1 Å². The predicted molar refractivity (Wildman–Crippen MR) is 80.6 cm³/mol. The third-order valence-corrected chi connectivity index (χ3v) is 3.79. The molecule has 23 heavy (non-hydrogen) atoms. The number of morpholine rings is 1. The van der Waals surface area contributed by atoms with E-state index in [0.717, 1.165) is 0 Å². The van der Waals surface area contributed by atoms with E-state index in [1.54, 1.807) is 23.8 Å². The molecule has 1 amide bonds. The number of carbonyl (C=O) groups excluding carboxylic acids is 1. The minimum Gasteiger partial charge on any atom is -0.384 e. The molecular formula is C14H25N5O4. The van der Waals surface area contributed by atoms with E-state index < -0.39 is 5.41 Å². The van der Waals surface area contributed by atoms with Crippen LogP contribution in [0.4, 0.5) is 0 Å². The van der Waals surface area contributed by atoms with Crippen LogP contribution in [0.25, 0.3) is 0 Å². The lowest BCUT2D eigenvalue weighted by Crippen LogP contribution is -2.49. The summed E-state index contributed by atoms with van der Waals surface area (Å²) in [4.78, 5) is 14.5. The van der Waals surface area contributed by atoms with Crippen molar-refractivity contribution in [3.8, 4) is 0 Å². The summed E-state index contributed by atoms with van der Waals surface area (Å²) in [6.45, 7) is 6.63. The SMILES string of the molecule is COCCn1nnnc1C1CN(C(=O)C(C)(C)COC)CCO1. The fraction of sp³-hybridized carbons (Fsp3) is 0.857. The topological polar surface area (TPSA) is 91.6 Å². The third-order valence-electron chi connectivity index (χ3n) is 3.79. The number of amides is 1. The minimum absolute atomic E-state index is 0.0450. The van der Waals surface area contributed by atoms with Crippen LogP contribution < -0.4 is 0 Å². The van der Waals surface area contributed by atoms with Gasteiger partial charge in [-0.1, -0.05) is 0 Å². The number of nitrogens with zero attached hydrogens (tertiary/aromatic N) is 5. The van der Waals surface area contributed by atoms with E-state index in [4.69, 9.17) is 14.2 Å². The van der Waals surface area contributed by atoms with Gasteiger partial charge in [-0.25, -0.2) is 4.68 Å². The van der Waals surface area contributed by atoms with E-state index in [1.165, 1.54) is 0 Å². The molecule has 2 rings (SSSR count). The summed E-state index contributed by atoms with van der Waals surface area (Å²) in [5.74, 6) is 0.660. The first-order chi connectivity index (χ1) is 11.0. The highest BCUT2D eigenvalue weighted by Gasteiger charge is 2.36. The molecule has 1 aromatic heterocycles. The van der Waals surface area contributed by atoms with Gasteiger partial charge in [0.2, 0.25) is 5.91 Å². The van der Waals surface area contributed by atoms with Crippen molar-refractivity contribution >= 4 is 5.91 Å². The van der Waals surface area contributed by atoms with Gasteiger partial charge >= 0.3 is 0 Å². The third kappa shape index (κ3) is 4.24. The highest BCUT2D eigenvalue weighted by molar-refractivity contribution is 5.82. The lowest BCUT2D eigenvalue weighted by Gasteiger charge is -2.36. The van der Waals surface area contributed by atoms with E-state index >= 15 is 0 Å². The summed E-state index contributed by atoms with van der Waals surface area (Å²) in [6.07, 6.45) is -0.335. The molecule has 0 aliphatic carbocycles. The summed E-state index contributed by atoms with van der Waals surface area (Å²) >= 11 is 0. The largest absolute Gasteiger partial charge is 0.384 e. The van der Waals surface area contributed by atoms with Gasteiger partial charge in [-0.3, -0.25) is 4.79 Å². The van der Waals surface area contributed by atoms with E-state index in [-0.39, 0.29) is 12.0 Å². The Morgan fingerprint density at radius 1 is 1.39 bits per heavy atom. The Kier molecular flexibility index (Phi) is 6.03. The van der Waals surface area contributed by atoms with Crippen molar-refractivity contribution < 1.29 is 19.0 Å². The fourth-order valence-corrected chi connectivity index (χ4v) is 2.62. The molecule has 0 saturated carbocycles. The summed E-state index contributed by atoms with van der Waals surface area (Å²) in [5.41, 5.74) is -0.571. The first kappa shape index (κ1) is 17.8. The smallest absolute Gasteiger partial charge is 0.230 e. The lowest BCUT2D eigenvalue weighted by molar-refractivity contribution is -0.151. The number of methoxy groups -OCH3 is 2. The van der Waals surface area contributed by atoms with Gasteiger partial charge in [0.25, 0.3) is 0 Å². The average molecular weight is 327 g/mol. The zero-order chi connectivity index (χ0) is 16.9. The molecule has 1 aliphatic heterocycles. The van der Waals surface area contributed by atoms with Gasteiger partial charge < -0.3 is 19.1 Å². The molecule has 0 aromatic carbocycles. The van der Waals surface area contributed by atoms with Crippen LogP contribution in [0.2, 0.25) is 0 Å². The predicted octanol–water partition coefficient (Wildman–Crippen LogP) is -0.108. The maximum atomic E-state index is 12.7. The van der Waals surface area contributed by atoms with Gasteiger partial charge in [-0.2, -0.15) is 0 Å². The van der Waals surface area contributed by atoms with Crippen molar-refractivity contribution in [3.63, 3.8) is 0 Å². The van der Waals surface area contributed by atoms with Crippen LogP contribution in [0, 0.1) is 5.41 Å². The van der Waals surface area contributed by atoms with Crippen LogP contribution >= 0.6 is 0 Å². The molecule has 9 heteroatoms. The molecule has 1 unspecified atom stereocenters. The fourth-order valence-electron chi connectivity index (χ4n) is 2.62. The van der Waals surface area contributed by atoms with Crippen molar-refractivity contribution in [2.45, 2.75) is 26.5 Å². The summed E-state index contributed by atoms with van der Waals surface area (Å²) in [5, 5.41) is 11.7. The van der Waals surface area contributed by atoms with Gasteiger partial charge in [-0.15, -0.1) is 5.10 Å². The molecule has 1 fully saturated rings. The van der Waals surface area contributed by atoms with Gasteiger partial charge in [0.05, 0.1) is 38.3 Å². The molecule has 0 radical (unpaired) electrons. The maximum absolute atomic E-state index is 12.7. The van der Waals surface area contributed by atoms with E-state index in [0.29, 0.717) is 45.3 Å². The molecule has 0 N–H and O–H groups in total. The molecule has 2 heterocycles. The zero-order valence-corrected chi connectivity index (χ0v) is 14.2. The second kappa shape index (κ2) is 7.80. The van der Waals surface area contributed by atoms with E-state index in [9.17, 15) is 4.79 Å². The summed E-state index contributed by atoms with van der Waals surface area (Å²) < 4.78 is 17.6. The van der Waals surface area contributed by atoms with Gasteiger partial charge in [-0.05, 0) is 24.3 Å². The molecule has 0 bridgehead atoms. The average Bonchev–Trinajstić information content (AvgIpc) is 3.00. The second-order valence-corrected chi connectivity index (χ2v) is 6.18. The van der Waals surface area contributed by atoms with E-state index in [2.05, 4.69) is 15.5 Å². The Balaban J connectivity index is 2.06. The molecule has 1 aliphatic rings. The van der Waals surface area contributed by atoms with Crippen molar-refractivity contribution in [2.75, 3.05) is 47.1 Å². The standard InChI is InChI=1S/C14H25N5O4/c1-14(2,10-22-4)13(20)18-5-8-23-11(9-18)12-15-16-17-19(12)6-7-21-3/h11H,5-10H2,1-4H3. The van der Waals surface area contributed by atoms with Gasteiger partial charge in [0.1, 0.15) is 6.10 Å². The molecule has 0 spiro atoms. The normalized spacial score (nSPS) is 19.1. The van der Waals surface area contributed by atoms with Crippen molar-refractivity contribution in [1.29, 1.82) is 0 Å². The van der Waals surface area contributed by atoms with Crippen LogP contribution in [-0.2, 0) is 25.5 Å². The highest BCUT2D eigenvalue weighted by Crippen LogP contribution is 2.25. The van der Waals surface area contributed by atoms with Gasteiger partial charge in [0.15, 0.2) is 5.82 Å². The highest BCUT2D eigenvalue weighted by atomic mass is 16.5. The first-order valence-corrected chi connectivity index (χ1v) is 7.64. The van der Waals surface area contributed by atoms with Crippen molar-refractivity contribution in [1.82, 2.24) is 25.1 Å². The second-order valence-electron chi connectivity index (χ2n) is 6.18. The van der Waals surface area contributed by atoms with Crippen LogP contribution in [0.1, 0.15) is 25.8 Å². The first-order valence-electron chi connectivity index (χ1n) is 7.64. The van der Waals surface area contributed by atoms with Crippen LogP contribution in [0.5, 0.6) is 0 Å². The Morgan fingerprint density at radius 3 is 2.87 bits per heavy atom. The van der Waals surface area contributed by atoms with Crippen LogP contribution in [0.3, 0.4) is 0 Å². The molecule has 130 valence electrons. The van der Waals surface area contributed by atoms with Gasteiger partial charge in [0, 0.05) is 20.8 Å². The maximum Gasteiger partial charge on any atom is 0.230 e. The minimum atomic E-state index is -0.571. The number of carbonyl (C=O) groups is 1. The number of hydrogen-bond acceptors (Lipinski definition) is 7. The Morgan fingerprint density at radius 2 is 2.17 bits per heavy atom. The number of rotatable bonds is 7. The van der Waals surface area contributed by atoms with Crippen LogP contribution in [0.15, 0.2) is 0 Å². The Labute approximate surface area is 135 Å². The molecule has 1 saturated heterocycles. The Hall–Kier alpha value is -1.58. The summed E-state index contributed by atoms with van der Waals surface area (Å²) in [7, 11) is 3.22. The molecule has 1 atom stereocenters. The summed E-state index contributed by atoms with van der Waals surface area (Å²) in [6, 6.07) is 0. The van der Waals surface area contributed by atoms with Crippen molar-refractivity contribution in [3.05, 3.63) is 5.82 Å². The quantitative estimate of drug-likeness (QED) is 0.690. The number of hydrogen-bond donors (Lipinski definition) is 0. The number of aromatic nitrogens is 4. The molecule has 9 nitrogen and oxygen atoms in total. The zero-order valence-electron chi connectivity index (χ0n) is 14.2. The van der Waals surface area contributed by atoms with Crippen molar-refractivity contribution in [2.24, 2.45) is 5.41 Å². The molecule has 1 aromatic rings. The monoisotopic (exact) mass is 327 g/mol. The van der Waals surface area contributed by atoms with E-state index in [1.807, 2.05) is 13.8 Å².